The van der Waals surface area contributed by atoms with Gasteiger partial charge in [-0.3, -0.25) is 4.79 Å². The minimum Gasteiger partial charge on any atom is -0.310 e. The fourth-order valence-electron chi connectivity index (χ4n) is 1.57. The van der Waals surface area contributed by atoms with Crippen LogP contribution in [0.3, 0.4) is 0 Å². The van der Waals surface area contributed by atoms with Gasteiger partial charge in [0.15, 0.2) is 0 Å². The number of rotatable bonds is 1. The number of aromatic amines is 1. The molecule has 2 heterocycles. The average Bonchev–Trinajstić information content (AvgIpc) is 2.67. The maximum Gasteiger partial charge on any atom is 0.254 e. The second kappa shape index (κ2) is 4.52. The minimum atomic E-state index is -0.203. The van der Waals surface area contributed by atoms with E-state index in [0.717, 1.165) is 4.88 Å². The molecule has 1 N–H and O–H groups in total. The molecular weight excluding hydrogens is 268 g/mol. The molecule has 0 unspecified atom stereocenters. The highest BCUT2D eigenvalue weighted by Crippen LogP contribution is 2.33. The van der Waals surface area contributed by atoms with Crippen molar-refractivity contribution >= 4 is 22.9 Å². The maximum atomic E-state index is 12.0. The minimum absolute atomic E-state index is 0.102. The average molecular weight is 283 g/mol. The third-order valence-electron chi connectivity index (χ3n) is 2.69. The Morgan fingerprint density at radius 3 is 2.56 bits per heavy atom. The van der Waals surface area contributed by atoms with E-state index in [1.807, 2.05) is 32.2 Å². The van der Waals surface area contributed by atoms with Gasteiger partial charge in [-0.05, 0) is 18.4 Å². The second-order valence-corrected chi connectivity index (χ2v) is 6.56. The van der Waals surface area contributed by atoms with E-state index in [1.165, 1.54) is 11.3 Å². The Balaban J connectivity index is 2.72. The van der Waals surface area contributed by atoms with Crippen LogP contribution in [0.1, 0.15) is 32.2 Å². The van der Waals surface area contributed by atoms with Gasteiger partial charge in [-0.1, -0.05) is 32.4 Å². The van der Waals surface area contributed by atoms with Gasteiger partial charge in [0, 0.05) is 11.0 Å². The summed E-state index contributed by atoms with van der Waals surface area (Å²) in [4.78, 5) is 20.2. The zero-order valence-corrected chi connectivity index (χ0v) is 12.4. The van der Waals surface area contributed by atoms with Gasteiger partial charge in [-0.25, -0.2) is 4.98 Å². The van der Waals surface area contributed by atoms with Crippen LogP contribution in [0.2, 0.25) is 5.02 Å². The standard InChI is InChI=1S/C13H15ClN2OS/c1-7-9(10-8(14)5-6-18-10)15-12(13(2,3)4)16-11(7)17/h5-6H,1-4H3,(H,15,16,17). The molecule has 2 aromatic rings. The summed E-state index contributed by atoms with van der Waals surface area (Å²) in [6.45, 7) is 7.81. The highest BCUT2D eigenvalue weighted by Gasteiger charge is 2.21. The van der Waals surface area contributed by atoms with E-state index >= 15 is 0 Å². The third kappa shape index (κ3) is 2.35. The molecule has 18 heavy (non-hydrogen) atoms. The molecule has 0 atom stereocenters. The van der Waals surface area contributed by atoms with E-state index in [-0.39, 0.29) is 11.0 Å². The first kappa shape index (κ1) is 13.3. The van der Waals surface area contributed by atoms with Crippen LogP contribution in [0.15, 0.2) is 16.2 Å². The lowest BCUT2D eigenvalue weighted by Gasteiger charge is -2.18. The molecule has 0 aromatic carbocycles. The van der Waals surface area contributed by atoms with Crippen LogP contribution < -0.4 is 5.56 Å². The molecule has 0 aliphatic carbocycles. The van der Waals surface area contributed by atoms with Crippen LogP contribution >= 0.6 is 22.9 Å². The molecule has 0 saturated carbocycles. The summed E-state index contributed by atoms with van der Waals surface area (Å²) in [6, 6.07) is 1.82. The van der Waals surface area contributed by atoms with Gasteiger partial charge in [0.1, 0.15) is 5.82 Å². The molecule has 96 valence electrons. The summed E-state index contributed by atoms with van der Waals surface area (Å²) in [5.74, 6) is 0.678. The monoisotopic (exact) mass is 282 g/mol. The van der Waals surface area contributed by atoms with Crippen LogP contribution in [0.5, 0.6) is 0 Å². The topological polar surface area (TPSA) is 45.8 Å². The van der Waals surface area contributed by atoms with Gasteiger partial charge in [0.25, 0.3) is 5.56 Å². The summed E-state index contributed by atoms with van der Waals surface area (Å²) in [5.41, 5.74) is 0.983. The zero-order chi connectivity index (χ0) is 13.5. The Bertz CT molecular complexity index is 637. The predicted octanol–water partition coefficient (Wildman–Crippen LogP) is 3.76. The number of hydrogen-bond donors (Lipinski definition) is 1. The normalized spacial score (nSPS) is 11.8. The van der Waals surface area contributed by atoms with Gasteiger partial charge in [0.2, 0.25) is 0 Å². The van der Waals surface area contributed by atoms with Crippen molar-refractivity contribution in [1.82, 2.24) is 9.97 Å². The van der Waals surface area contributed by atoms with E-state index in [0.29, 0.717) is 22.1 Å². The summed E-state index contributed by atoms with van der Waals surface area (Å²) in [6.07, 6.45) is 0. The van der Waals surface area contributed by atoms with E-state index in [4.69, 9.17) is 11.6 Å². The molecule has 0 aliphatic rings. The van der Waals surface area contributed by atoms with Crippen molar-refractivity contribution in [3.05, 3.63) is 38.2 Å². The molecule has 2 aromatic heterocycles. The Morgan fingerprint density at radius 1 is 1.39 bits per heavy atom. The lowest BCUT2D eigenvalue weighted by molar-refractivity contribution is 0.543. The molecule has 0 fully saturated rings. The number of nitrogens with one attached hydrogen (secondary N) is 1. The van der Waals surface area contributed by atoms with Crippen molar-refractivity contribution in [2.24, 2.45) is 0 Å². The second-order valence-electron chi connectivity index (χ2n) is 5.24. The van der Waals surface area contributed by atoms with Gasteiger partial charge in [-0.2, -0.15) is 0 Å². The van der Waals surface area contributed by atoms with Gasteiger partial charge in [0.05, 0.1) is 15.6 Å². The van der Waals surface area contributed by atoms with Crippen molar-refractivity contribution < 1.29 is 0 Å². The Kier molecular flexibility index (Phi) is 3.34. The molecule has 5 heteroatoms. The molecule has 0 radical (unpaired) electrons. The van der Waals surface area contributed by atoms with Crippen molar-refractivity contribution in [2.75, 3.05) is 0 Å². The molecule has 3 nitrogen and oxygen atoms in total. The maximum absolute atomic E-state index is 12.0. The number of H-pyrrole nitrogens is 1. The number of thiophene rings is 1. The van der Waals surface area contributed by atoms with Crippen LogP contribution in [0.25, 0.3) is 10.6 Å². The third-order valence-corrected chi connectivity index (χ3v) is 4.04. The van der Waals surface area contributed by atoms with Crippen LogP contribution in [0, 0.1) is 6.92 Å². The Hall–Kier alpha value is -1.13. The fourth-order valence-corrected chi connectivity index (χ4v) is 2.76. The lowest BCUT2D eigenvalue weighted by Crippen LogP contribution is -2.24. The molecular formula is C13H15ClN2OS. The summed E-state index contributed by atoms with van der Waals surface area (Å²) in [7, 11) is 0. The highest BCUT2D eigenvalue weighted by atomic mass is 35.5. The van der Waals surface area contributed by atoms with Crippen molar-refractivity contribution in [3.63, 3.8) is 0 Å². The van der Waals surface area contributed by atoms with Crippen LogP contribution in [-0.4, -0.2) is 9.97 Å². The van der Waals surface area contributed by atoms with Gasteiger partial charge < -0.3 is 4.98 Å². The first-order chi connectivity index (χ1) is 8.30. The number of hydrogen-bond acceptors (Lipinski definition) is 3. The van der Waals surface area contributed by atoms with Gasteiger partial charge >= 0.3 is 0 Å². The Labute approximate surface area is 115 Å². The highest BCUT2D eigenvalue weighted by molar-refractivity contribution is 7.14. The van der Waals surface area contributed by atoms with Crippen LogP contribution in [-0.2, 0) is 5.41 Å². The largest absolute Gasteiger partial charge is 0.310 e. The first-order valence-corrected chi connectivity index (χ1v) is 6.91. The van der Waals surface area contributed by atoms with E-state index in [1.54, 1.807) is 6.92 Å². The van der Waals surface area contributed by atoms with Crippen LogP contribution in [0.4, 0.5) is 0 Å². The smallest absolute Gasteiger partial charge is 0.254 e. The quantitative estimate of drug-likeness (QED) is 0.866. The zero-order valence-electron chi connectivity index (χ0n) is 10.8. The summed E-state index contributed by atoms with van der Waals surface area (Å²) in [5, 5.41) is 2.54. The summed E-state index contributed by atoms with van der Waals surface area (Å²) >= 11 is 7.62. The Morgan fingerprint density at radius 2 is 2.06 bits per heavy atom. The molecule has 0 aliphatic heterocycles. The molecule has 0 bridgehead atoms. The van der Waals surface area contributed by atoms with E-state index < -0.39 is 0 Å². The summed E-state index contributed by atoms with van der Waals surface area (Å²) < 4.78 is 0. The number of nitrogens with zero attached hydrogens (tertiary/aromatic N) is 1. The SMILES string of the molecule is Cc1c(-c2sccc2Cl)nc(C(C)(C)C)[nH]c1=O. The van der Waals surface area contributed by atoms with Crippen molar-refractivity contribution in [2.45, 2.75) is 33.1 Å². The van der Waals surface area contributed by atoms with Crippen molar-refractivity contribution in [1.29, 1.82) is 0 Å². The van der Waals surface area contributed by atoms with Crippen molar-refractivity contribution in [3.8, 4) is 10.6 Å². The fraction of sp³-hybridized carbons (Fsp3) is 0.385. The predicted molar refractivity (Wildman–Crippen MR) is 76.6 cm³/mol. The molecule has 0 spiro atoms. The molecule has 2 rings (SSSR count). The first-order valence-electron chi connectivity index (χ1n) is 5.65. The van der Waals surface area contributed by atoms with E-state index in [2.05, 4.69) is 9.97 Å². The molecule has 0 amide bonds. The van der Waals surface area contributed by atoms with E-state index in [9.17, 15) is 4.79 Å². The lowest BCUT2D eigenvalue weighted by atomic mass is 9.95. The van der Waals surface area contributed by atoms with Gasteiger partial charge in [-0.15, -0.1) is 11.3 Å². The molecule has 0 saturated heterocycles. The number of aromatic nitrogens is 2. The number of halogens is 1.